The monoisotopic (exact) mass is 391 g/mol. The standard InChI is InChI=1S/C15H20F3N5O2S/c1-22(2)13(10-7-21-23(3)9-10)8-20-11-4-5-14(26(19,24)25)12(6-11)15(16,17)18/h4-7,9,13,20H,8H2,1-3H3,(H2,19,24,25). The molecule has 1 aromatic heterocycles. The lowest BCUT2D eigenvalue weighted by atomic mass is 10.1. The molecule has 1 aromatic carbocycles. The minimum Gasteiger partial charge on any atom is -0.383 e. The molecule has 3 N–H and O–H groups in total. The van der Waals surface area contributed by atoms with Gasteiger partial charge in [0.25, 0.3) is 0 Å². The largest absolute Gasteiger partial charge is 0.417 e. The average molecular weight is 391 g/mol. The van der Waals surface area contributed by atoms with Gasteiger partial charge in [0.05, 0.1) is 22.7 Å². The summed E-state index contributed by atoms with van der Waals surface area (Å²) in [7, 11) is 0.960. The number of nitrogens with one attached hydrogen (secondary N) is 1. The van der Waals surface area contributed by atoms with Crippen LogP contribution in [-0.4, -0.2) is 43.7 Å². The Hall–Kier alpha value is -2.11. The molecule has 0 aliphatic heterocycles. The molecule has 0 aliphatic rings. The first kappa shape index (κ1) is 20.2. The molecule has 7 nitrogen and oxygen atoms in total. The highest BCUT2D eigenvalue weighted by molar-refractivity contribution is 7.89. The molecular weight excluding hydrogens is 371 g/mol. The lowest BCUT2D eigenvalue weighted by Crippen LogP contribution is -2.27. The number of rotatable bonds is 6. The quantitative estimate of drug-likeness (QED) is 0.783. The number of aromatic nitrogens is 2. The van der Waals surface area contributed by atoms with E-state index in [1.54, 1.807) is 17.9 Å². The third-order valence-electron chi connectivity index (χ3n) is 3.82. The van der Waals surface area contributed by atoms with Crippen LogP contribution in [0.3, 0.4) is 0 Å². The van der Waals surface area contributed by atoms with Crippen molar-refractivity contribution in [2.45, 2.75) is 17.1 Å². The number of nitrogens with two attached hydrogens (primary N) is 1. The number of hydrogen-bond donors (Lipinski definition) is 2. The number of halogens is 3. The maximum atomic E-state index is 13.2. The number of benzene rings is 1. The van der Waals surface area contributed by atoms with Gasteiger partial charge in [0, 0.05) is 31.0 Å². The fourth-order valence-corrected chi connectivity index (χ4v) is 3.27. The van der Waals surface area contributed by atoms with E-state index in [-0.39, 0.29) is 11.7 Å². The minimum atomic E-state index is -4.84. The Labute approximate surface area is 149 Å². The molecule has 2 aromatic rings. The summed E-state index contributed by atoms with van der Waals surface area (Å²) in [6.07, 6.45) is -1.35. The summed E-state index contributed by atoms with van der Waals surface area (Å²) >= 11 is 0. The molecule has 11 heteroatoms. The number of hydrogen-bond acceptors (Lipinski definition) is 5. The Morgan fingerprint density at radius 1 is 1.35 bits per heavy atom. The molecule has 0 saturated heterocycles. The lowest BCUT2D eigenvalue weighted by molar-refractivity contribution is -0.139. The van der Waals surface area contributed by atoms with Crippen molar-refractivity contribution in [2.24, 2.45) is 12.2 Å². The van der Waals surface area contributed by atoms with E-state index in [0.717, 1.165) is 17.7 Å². The summed E-state index contributed by atoms with van der Waals surface area (Å²) in [5, 5.41) is 11.9. The van der Waals surface area contributed by atoms with E-state index in [1.807, 2.05) is 25.2 Å². The molecule has 1 atom stereocenters. The zero-order chi connectivity index (χ0) is 19.7. The average Bonchev–Trinajstić information content (AvgIpc) is 2.91. The van der Waals surface area contributed by atoms with Gasteiger partial charge in [0.2, 0.25) is 10.0 Å². The number of primary sulfonamides is 1. The Morgan fingerprint density at radius 3 is 2.46 bits per heavy atom. The number of sulfonamides is 1. The molecule has 0 saturated carbocycles. The van der Waals surface area contributed by atoms with Crippen LogP contribution in [0.1, 0.15) is 17.2 Å². The predicted octanol–water partition coefficient (Wildman–Crippen LogP) is 1.80. The summed E-state index contributed by atoms with van der Waals surface area (Å²) in [6.45, 7) is 0.296. The Morgan fingerprint density at radius 2 is 2.00 bits per heavy atom. The van der Waals surface area contributed by atoms with Crippen LogP contribution in [0.25, 0.3) is 0 Å². The van der Waals surface area contributed by atoms with Crippen LogP contribution in [0.5, 0.6) is 0 Å². The molecule has 0 spiro atoms. The minimum absolute atomic E-state index is 0.139. The van der Waals surface area contributed by atoms with E-state index in [2.05, 4.69) is 10.4 Å². The number of anilines is 1. The summed E-state index contributed by atoms with van der Waals surface area (Å²) in [5.41, 5.74) is -0.268. The van der Waals surface area contributed by atoms with Crippen LogP contribution in [0, 0.1) is 0 Å². The summed E-state index contributed by atoms with van der Waals surface area (Å²) in [5.74, 6) is 0. The normalized spacial score (nSPS) is 13.8. The predicted molar refractivity (Wildman–Crippen MR) is 90.9 cm³/mol. The third kappa shape index (κ3) is 4.74. The van der Waals surface area contributed by atoms with Crippen molar-refractivity contribution < 1.29 is 21.6 Å². The van der Waals surface area contributed by atoms with Gasteiger partial charge in [-0.15, -0.1) is 0 Å². The van der Waals surface area contributed by atoms with Gasteiger partial charge in [0.1, 0.15) is 0 Å². The summed E-state index contributed by atoms with van der Waals surface area (Å²) in [6, 6.07) is 2.71. The van der Waals surface area contributed by atoms with Crippen LogP contribution in [0.15, 0.2) is 35.5 Å². The second-order valence-corrected chi connectivity index (χ2v) is 7.59. The Balaban J connectivity index is 2.29. The molecule has 0 amide bonds. The van der Waals surface area contributed by atoms with Gasteiger partial charge < -0.3 is 10.2 Å². The van der Waals surface area contributed by atoms with Crippen LogP contribution in [0.2, 0.25) is 0 Å². The van der Waals surface area contributed by atoms with E-state index in [1.165, 1.54) is 6.07 Å². The van der Waals surface area contributed by atoms with Crippen molar-refractivity contribution in [3.8, 4) is 0 Å². The number of likely N-dealkylation sites (N-methyl/N-ethyl adjacent to an activating group) is 1. The fraction of sp³-hybridized carbons (Fsp3) is 0.400. The molecule has 1 heterocycles. The Bertz CT molecular complexity index is 878. The second-order valence-electron chi connectivity index (χ2n) is 6.06. The van der Waals surface area contributed by atoms with E-state index >= 15 is 0 Å². The molecular formula is C15H20F3N5O2S. The van der Waals surface area contributed by atoms with E-state index in [9.17, 15) is 21.6 Å². The maximum Gasteiger partial charge on any atom is 0.417 e. The van der Waals surface area contributed by atoms with E-state index in [0.29, 0.717) is 6.54 Å². The first-order valence-corrected chi connectivity index (χ1v) is 9.07. The van der Waals surface area contributed by atoms with Gasteiger partial charge in [-0.2, -0.15) is 18.3 Å². The van der Waals surface area contributed by atoms with E-state index in [4.69, 9.17) is 5.14 Å². The molecule has 1 unspecified atom stereocenters. The molecule has 2 rings (SSSR count). The van der Waals surface area contributed by atoms with Gasteiger partial charge >= 0.3 is 6.18 Å². The van der Waals surface area contributed by atoms with Crippen molar-refractivity contribution in [3.05, 3.63) is 41.7 Å². The van der Waals surface area contributed by atoms with E-state index < -0.39 is 26.7 Å². The maximum absolute atomic E-state index is 13.2. The van der Waals surface area contributed by atoms with Gasteiger partial charge in [-0.25, -0.2) is 13.6 Å². The summed E-state index contributed by atoms with van der Waals surface area (Å²) < 4.78 is 64.0. The molecule has 0 fully saturated rings. The van der Waals surface area contributed by atoms with Gasteiger partial charge in [0.15, 0.2) is 0 Å². The number of aryl methyl sites for hydroxylation is 1. The highest BCUT2D eigenvalue weighted by Crippen LogP contribution is 2.35. The van der Waals surface area contributed by atoms with Gasteiger partial charge in [-0.1, -0.05) is 0 Å². The van der Waals surface area contributed by atoms with Crippen molar-refractivity contribution >= 4 is 15.7 Å². The number of nitrogens with zero attached hydrogens (tertiary/aromatic N) is 3. The number of alkyl halides is 3. The smallest absolute Gasteiger partial charge is 0.383 e. The Kier molecular flexibility index (Phi) is 5.64. The van der Waals surface area contributed by atoms with Crippen molar-refractivity contribution in [2.75, 3.05) is 26.0 Å². The fourth-order valence-electron chi connectivity index (χ4n) is 2.53. The lowest BCUT2D eigenvalue weighted by Gasteiger charge is -2.24. The van der Waals surface area contributed by atoms with Crippen molar-refractivity contribution in [1.82, 2.24) is 14.7 Å². The van der Waals surface area contributed by atoms with Crippen molar-refractivity contribution in [1.29, 1.82) is 0 Å². The van der Waals surface area contributed by atoms with Gasteiger partial charge in [-0.05, 0) is 32.3 Å². The molecule has 26 heavy (non-hydrogen) atoms. The van der Waals surface area contributed by atoms with Crippen LogP contribution < -0.4 is 10.5 Å². The molecule has 0 bridgehead atoms. The highest BCUT2D eigenvalue weighted by Gasteiger charge is 2.36. The van der Waals surface area contributed by atoms with Gasteiger partial charge in [-0.3, -0.25) is 4.68 Å². The van der Waals surface area contributed by atoms with Crippen molar-refractivity contribution in [3.63, 3.8) is 0 Å². The first-order valence-electron chi connectivity index (χ1n) is 7.52. The third-order valence-corrected chi connectivity index (χ3v) is 4.79. The summed E-state index contributed by atoms with van der Waals surface area (Å²) in [4.78, 5) is 0.944. The highest BCUT2D eigenvalue weighted by atomic mass is 32.2. The topological polar surface area (TPSA) is 93.2 Å². The van der Waals surface area contributed by atoms with Crippen LogP contribution in [-0.2, 0) is 23.2 Å². The van der Waals surface area contributed by atoms with Crippen LogP contribution >= 0.6 is 0 Å². The molecule has 144 valence electrons. The second kappa shape index (κ2) is 7.25. The molecule has 0 radical (unpaired) electrons. The first-order chi connectivity index (χ1) is 11.9. The SMILES string of the molecule is CN(C)C(CNc1ccc(S(N)(=O)=O)c(C(F)(F)F)c1)c1cnn(C)c1. The zero-order valence-corrected chi connectivity index (χ0v) is 15.3. The van der Waals surface area contributed by atoms with Crippen LogP contribution in [0.4, 0.5) is 18.9 Å². The zero-order valence-electron chi connectivity index (χ0n) is 14.4. The molecule has 0 aliphatic carbocycles.